The Balaban J connectivity index is 1.63. The molecule has 0 saturated heterocycles. The van der Waals surface area contributed by atoms with E-state index in [4.69, 9.17) is 16.3 Å². The van der Waals surface area contributed by atoms with Crippen molar-refractivity contribution in [2.75, 3.05) is 0 Å². The number of thioether (sulfide) groups is 1. The highest BCUT2D eigenvalue weighted by Crippen LogP contribution is 2.48. The highest BCUT2D eigenvalue weighted by atomic mass is 35.5. The summed E-state index contributed by atoms with van der Waals surface area (Å²) in [5, 5.41) is 15.1. The van der Waals surface area contributed by atoms with Crippen molar-refractivity contribution in [3.8, 4) is 6.07 Å². The van der Waals surface area contributed by atoms with Crippen molar-refractivity contribution < 1.29 is 9.53 Å². The summed E-state index contributed by atoms with van der Waals surface area (Å²) < 4.78 is 6.37. The molecule has 0 spiro atoms. The molecule has 4 aromatic carbocycles. The molecule has 1 aliphatic rings. The molecular formula is C32H25ClN2O2S. The Hall–Kier alpha value is -3.98. The van der Waals surface area contributed by atoms with Gasteiger partial charge in [0.15, 0.2) is 0 Å². The number of carbonyl (C=O) groups excluding carboxylic acids is 1. The number of nitrogens with zero attached hydrogens (tertiary/aromatic N) is 1. The second kappa shape index (κ2) is 11.6. The van der Waals surface area contributed by atoms with Crippen LogP contribution in [0.2, 0.25) is 5.02 Å². The van der Waals surface area contributed by atoms with Crippen LogP contribution in [-0.2, 0) is 16.2 Å². The lowest BCUT2D eigenvalue weighted by Gasteiger charge is -2.43. The lowest BCUT2D eigenvalue weighted by molar-refractivity contribution is -0.0455. The average Bonchev–Trinajstić information content (AvgIpc) is 2.97. The number of rotatable bonds is 7. The minimum atomic E-state index is -1.22. The number of ether oxygens (including phenoxy) is 1. The van der Waals surface area contributed by atoms with Crippen molar-refractivity contribution in [1.82, 2.24) is 5.32 Å². The Labute approximate surface area is 231 Å². The zero-order valence-corrected chi connectivity index (χ0v) is 22.1. The molecule has 188 valence electrons. The van der Waals surface area contributed by atoms with Gasteiger partial charge < -0.3 is 10.1 Å². The summed E-state index contributed by atoms with van der Waals surface area (Å²) in [5.41, 5.74) is 2.53. The van der Waals surface area contributed by atoms with Crippen molar-refractivity contribution in [1.29, 1.82) is 5.26 Å². The van der Waals surface area contributed by atoms with E-state index in [1.54, 1.807) is 12.1 Å². The summed E-state index contributed by atoms with van der Waals surface area (Å²) in [6, 6.07) is 38.6. The van der Waals surface area contributed by atoms with Crippen LogP contribution in [0.15, 0.2) is 126 Å². The van der Waals surface area contributed by atoms with E-state index in [0.29, 0.717) is 33.4 Å². The molecule has 1 aliphatic heterocycles. The Bertz CT molecular complexity index is 1490. The molecule has 2 atom stereocenters. The fourth-order valence-corrected chi connectivity index (χ4v) is 6.01. The molecule has 0 fully saturated rings. The third-order valence-electron chi connectivity index (χ3n) is 6.54. The Kier molecular flexibility index (Phi) is 7.83. The van der Waals surface area contributed by atoms with E-state index in [9.17, 15) is 10.1 Å². The summed E-state index contributed by atoms with van der Waals surface area (Å²) in [5.74, 6) is -0.203. The molecule has 0 aromatic heterocycles. The van der Waals surface area contributed by atoms with Crippen LogP contribution in [0.5, 0.6) is 0 Å². The smallest absolute Gasteiger partial charge is 0.340 e. The van der Waals surface area contributed by atoms with Crippen molar-refractivity contribution >= 4 is 29.3 Å². The number of esters is 1. The summed E-state index contributed by atoms with van der Waals surface area (Å²) in [4.78, 5) is 13.5. The number of nitrogens with one attached hydrogen (secondary N) is 1. The molecule has 6 heteroatoms. The molecule has 38 heavy (non-hydrogen) atoms. The molecule has 1 N–H and O–H groups in total. The first-order valence-electron chi connectivity index (χ1n) is 12.3. The zero-order chi connectivity index (χ0) is 26.4. The largest absolute Gasteiger partial charge is 0.431 e. The van der Waals surface area contributed by atoms with E-state index < -0.39 is 17.6 Å². The molecule has 0 aliphatic carbocycles. The van der Waals surface area contributed by atoms with Gasteiger partial charge in [-0.1, -0.05) is 109 Å². The molecule has 0 radical (unpaired) electrons. The van der Waals surface area contributed by atoms with Gasteiger partial charge in [0.2, 0.25) is 5.72 Å². The van der Waals surface area contributed by atoms with Crippen LogP contribution in [-0.4, -0.2) is 5.97 Å². The maximum atomic E-state index is 13.5. The van der Waals surface area contributed by atoms with Gasteiger partial charge in [-0.3, -0.25) is 0 Å². The third kappa shape index (κ3) is 5.47. The number of allylic oxidation sites excluding steroid dienone is 1. The Morgan fingerprint density at radius 3 is 2.18 bits per heavy atom. The quantitative estimate of drug-likeness (QED) is 0.244. The van der Waals surface area contributed by atoms with E-state index in [0.717, 1.165) is 16.7 Å². The second-order valence-electron chi connectivity index (χ2n) is 8.98. The molecule has 4 aromatic rings. The minimum absolute atomic E-state index is 0.303. The van der Waals surface area contributed by atoms with Gasteiger partial charge in [-0.15, -0.1) is 11.8 Å². The maximum Gasteiger partial charge on any atom is 0.340 e. The number of hydrogen-bond donors (Lipinski definition) is 1. The highest BCUT2D eigenvalue weighted by molar-refractivity contribution is 8.02. The van der Waals surface area contributed by atoms with Crippen LogP contribution in [0.25, 0.3) is 0 Å². The molecule has 0 saturated carbocycles. The number of halogens is 1. The topological polar surface area (TPSA) is 62.1 Å². The van der Waals surface area contributed by atoms with E-state index in [-0.39, 0.29) is 0 Å². The first-order chi connectivity index (χ1) is 18.6. The fraction of sp³-hybridized carbons (Fsp3) is 0.125. The van der Waals surface area contributed by atoms with Crippen LogP contribution in [0, 0.1) is 11.3 Å². The van der Waals surface area contributed by atoms with Gasteiger partial charge in [0.1, 0.15) is 0 Å². The SMILES string of the molecule is N#CC1=C(SCc2ccccc2)NC(OC(=O)c2ccccc2)(c2ccccc2)CC1c1ccccc1Cl. The molecular weight excluding hydrogens is 512 g/mol. The zero-order valence-electron chi connectivity index (χ0n) is 20.5. The van der Waals surface area contributed by atoms with Crippen molar-refractivity contribution in [2.24, 2.45) is 0 Å². The summed E-state index contributed by atoms with van der Waals surface area (Å²) in [6.45, 7) is 0. The van der Waals surface area contributed by atoms with Gasteiger partial charge in [0, 0.05) is 28.7 Å². The van der Waals surface area contributed by atoms with Crippen LogP contribution in [0.3, 0.4) is 0 Å². The summed E-state index contributed by atoms with van der Waals surface area (Å²) in [7, 11) is 0. The van der Waals surface area contributed by atoms with Crippen molar-refractivity contribution in [3.05, 3.63) is 153 Å². The van der Waals surface area contributed by atoms with Gasteiger partial charge in [-0.25, -0.2) is 4.79 Å². The summed E-state index contributed by atoms with van der Waals surface area (Å²) >= 11 is 8.19. The minimum Gasteiger partial charge on any atom is -0.431 e. The Morgan fingerprint density at radius 2 is 1.53 bits per heavy atom. The lowest BCUT2D eigenvalue weighted by Crippen LogP contribution is -2.49. The highest BCUT2D eigenvalue weighted by Gasteiger charge is 2.46. The summed E-state index contributed by atoms with van der Waals surface area (Å²) in [6.07, 6.45) is 0.303. The molecule has 4 nitrogen and oxygen atoms in total. The van der Waals surface area contributed by atoms with E-state index >= 15 is 0 Å². The monoisotopic (exact) mass is 536 g/mol. The van der Waals surface area contributed by atoms with Gasteiger partial charge in [0.05, 0.1) is 22.2 Å². The predicted molar refractivity (Wildman–Crippen MR) is 152 cm³/mol. The second-order valence-corrected chi connectivity index (χ2v) is 10.4. The van der Waals surface area contributed by atoms with Gasteiger partial charge in [-0.2, -0.15) is 5.26 Å². The number of nitriles is 1. The van der Waals surface area contributed by atoms with E-state index in [2.05, 4.69) is 11.4 Å². The first kappa shape index (κ1) is 25.7. The normalized spacial score (nSPS) is 18.8. The van der Waals surface area contributed by atoms with Crippen LogP contribution in [0.4, 0.5) is 0 Å². The van der Waals surface area contributed by atoms with Crippen molar-refractivity contribution in [2.45, 2.75) is 23.8 Å². The van der Waals surface area contributed by atoms with Gasteiger partial charge in [0.25, 0.3) is 0 Å². The van der Waals surface area contributed by atoms with Gasteiger partial charge >= 0.3 is 5.97 Å². The fourth-order valence-electron chi connectivity index (χ4n) is 4.66. The van der Waals surface area contributed by atoms with Crippen molar-refractivity contribution in [3.63, 3.8) is 0 Å². The third-order valence-corrected chi connectivity index (χ3v) is 7.98. The first-order valence-corrected chi connectivity index (χ1v) is 13.6. The molecule has 2 unspecified atom stereocenters. The van der Waals surface area contributed by atoms with Gasteiger partial charge in [-0.05, 0) is 29.3 Å². The molecule has 1 heterocycles. The molecule has 0 amide bonds. The number of hydrogen-bond acceptors (Lipinski definition) is 5. The molecule has 5 rings (SSSR count). The maximum absolute atomic E-state index is 13.5. The van der Waals surface area contributed by atoms with E-state index in [1.165, 1.54) is 11.8 Å². The van der Waals surface area contributed by atoms with Crippen LogP contribution < -0.4 is 5.32 Å². The van der Waals surface area contributed by atoms with Crippen LogP contribution >= 0.6 is 23.4 Å². The number of carbonyl (C=O) groups is 1. The van der Waals surface area contributed by atoms with Crippen LogP contribution in [0.1, 0.15) is 39.4 Å². The van der Waals surface area contributed by atoms with E-state index in [1.807, 2.05) is 103 Å². The molecule has 0 bridgehead atoms. The predicted octanol–water partition coefficient (Wildman–Crippen LogP) is 7.80. The average molecular weight is 537 g/mol. The standard InChI is InChI=1S/C32H25ClN2O2S/c33-29-19-11-10-18-26(29)27-20-32(25-16-8-3-9-17-25,37-31(36)24-14-6-2-7-15-24)35-30(28(27)21-34)38-22-23-12-4-1-5-13-23/h1-19,27,35H,20,22H2. The Morgan fingerprint density at radius 1 is 0.921 bits per heavy atom. The lowest BCUT2D eigenvalue weighted by atomic mass is 9.80. The number of benzene rings is 4.